The van der Waals surface area contributed by atoms with E-state index in [1.165, 1.54) is 23.5 Å². The monoisotopic (exact) mass is 404 g/mol. The number of amides is 1. The second kappa shape index (κ2) is 7.55. The highest BCUT2D eigenvalue weighted by molar-refractivity contribution is 9.10. The molecule has 1 aromatic heterocycles. The fraction of sp³-hybridized carbons (Fsp3) is 0.267. The summed E-state index contributed by atoms with van der Waals surface area (Å²) in [4.78, 5) is 15.2. The molecule has 0 radical (unpaired) electrons. The molecule has 1 aliphatic heterocycles. The van der Waals surface area contributed by atoms with Crippen LogP contribution in [0.25, 0.3) is 0 Å². The molecule has 2 heterocycles. The normalized spacial score (nSPS) is 17.9. The molecule has 1 aliphatic rings. The van der Waals surface area contributed by atoms with Crippen molar-refractivity contribution in [3.63, 3.8) is 0 Å². The third-order valence-electron chi connectivity index (χ3n) is 3.55. The number of nitrogens with one attached hydrogen (secondary N) is 1. The van der Waals surface area contributed by atoms with E-state index in [0.29, 0.717) is 18.0 Å². The molecule has 1 atom stereocenters. The Bertz CT molecular complexity index is 666. The van der Waals surface area contributed by atoms with Gasteiger partial charge < -0.3 is 10.2 Å². The lowest BCUT2D eigenvalue weighted by atomic mass is 10.0. The summed E-state index contributed by atoms with van der Waals surface area (Å²) >= 11 is 4.83. The van der Waals surface area contributed by atoms with Crippen LogP contribution in [0.1, 0.15) is 21.3 Å². The molecule has 7 heteroatoms. The van der Waals surface area contributed by atoms with Gasteiger partial charge in [0.1, 0.15) is 10.7 Å². The van der Waals surface area contributed by atoms with Gasteiger partial charge in [-0.25, -0.2) is 4.39 Å². The molecular weight excluding hydrogens is 391 g/mol. The van der Waals surface area contributed by atoms with Gasteiger partial charge in [-0.15, -0.1) is 23.7 Å². The van der Waals surface area contributed by atoms with Crippen LogP contribution in [-0.2, 0) is 0 Å². The molecular formula is C15H15BrClFN2OS. The predicted molar refractivity (Wildman–Crippen MR) is 92.3 cm³/mol. The smallest absolute Gasteiger partial charge is 0.265 e. The van der Waals surface area contributed by atoms with Crippen LogP contribution in [-0.4, -0.2) is 30.4 Å². The highest BCUT2D eigenvalue weighted by atomic mass is 79.9. The van der Waals surface area contributed by atoms with Crippen LogP contribution in [0.5, 0.6) is 0 Å². The molecule has 0 saturated carbocycles. The quantitative estimate of drug-likeness (QED) is 0.823. The molecule has 0 bridgehead atoms. The van der Waals surface area contributed by atoms with E-state index in [2.05, 4.69) is 21.2 Å². The van der Waals surface area contributed by atoms with Crippen LogP contribution in [0.3, 0.4) is 0 Å². The first-order valence-electron chi connectivity index (χ1n) is 6.67. The molecule has 1 saturated heterocycles. The Hall–Kier alpha value is -0.950. The minimum absolute atomic E-state index is 0. The van der Waals surface area contributed by atoms with E-state index in [4.69, 9.17) is 0 Å². The zero-order valence-electron chi connectivity index (χ0n) is 11.6. The van der Waals surface area contributed by atoms with Crippen molar-refractivity contribution in [1.82, 2.24) is 10.2 Å². The lowest BCUT2D eigenvalue weighted by Crippen LogP contribution is -2.48. The van der Waals surface area contributed by atoms with Gasteiger partial charge in [0.05, 0.1) is 6.04 Å². The third-order valence-corrected chi connectivity index (χ3v) is 5.37. The molecule has 22 heavy (non-hydrogen) atoms. The summed E-state index contributed by atoms with van der Waals surface area (Å²) in [6.07, 6.45) is 0. The zero-order chi connectivity index (χ0) is 14.8. The van der Waals surface area contributed by atoms with Crippen LogP contribution in [0.4, 0.5) is 4.39 Å². The van der Waals surface area contributed by atoms with Crippen LogP contribution in [0.15, 0.2) is 40.2 Å². The van der Waals surface area contributed by atoms with Gasteiger partial charge in [0.25, 0.3) is 5.91 Å². The fourth-order valence-electron chi connectivity index (χ4n) is 2.54. The Kier molecular flexibility index (Phi) is 5.97. The van der Waals surface area contributed by atoms with Crippen LogP contribution in [0.2, 0.25) is 0 Å². The number of benzene rings is 1. The summed E-state index contributed by atoms with van der Waals surface area (Å²) < 4.78 is 14.3. The number of halogens is 3. The fourth-order valence-corrected chi connectivity index (χ4v) is 4.03. The molecule has 3 rings (SSSR count). The highest BCUT2D eigenvalue weighted by Gasteiger charge is 2.30. The van der Waals surface area contributed by atoms with Crippen LogP contribution >= 0.6 is 39.7 Å². The maximum Gasteiger partial charge on any atom is 0.265 e. The highest BCUT2D eigenvalue weighted by Crippen LogP contribution is 2.29. The van der Waals surface area contributed by atoms with E-state index in [0.717, 1.165) is 16.6 Å². The first kappa shape index (κ1) is 17.4. The average molecular weight is 406 g/mol. The van der Waals surface area contributed by atoms with Crippen LogP contribution < -0.4 is 5.32 Å². The van der Waals surface area contributed by atoms with Crippen molar-refractivity contribution in [3.05, 3.63) is 56.4 Å². The number of piperazine rings is 1. The molecule has 1 unspecified atom stereocenters. The van der Waals surface area contributed by atoms with Crippen LogP contribution in [0, 0.1) is 5.82 Å². The zero-order valence-corrected chi connectivity index (χ0v) is 14.8. The van der Waals surface area contributed by atoms with Gasteiger partial charge in [0, 0.05) is 24.1 Å². The summed E-state index contributed by atoms with van der Waals surface area (Å²) in [5, 5.41) is 5.16. The molecule has 118 valence electrons. The summed E-state index contributed by atoms with van der Waals surface area (Å²) in [5.74, 6) is -0.282. The molecule has 0 aliphatic carbocycles. The van der Waals surface area contributed by atoms with Crippen molar-refractivity contribution in [3.8, 4) is 0 Å². The van der Waals surface area contributed by atoms with Gasteiger partial charge in [0.15, 0.2) is 0 Å². The number of hydrogen-bond donors (Lipinski definition) is 1. The average Bonchev–Trinajstić information content (AvgIpc) is 2.93. The van der Waals surface area contributed by atoms with Crippen molar-refractivity contribution in [2.24, 2.45) is 0 Å². The Labute approximate surface area is 147 Å². The van der Waals surface area contributed by atoms with Gasteiger partial charge in [-0.1, -0.05) is 12.1 Å². The number of carbonyl (C=O) groups excluding carboxylic acids is 1. The third kappa shape index (κ3) is 3.51. The van der Waals surface area contributed by atoms with Crippen molar-refractivity contribution in [2.75, 3.05) is 19.6 Å². The number of carbonyl (C=O) groups is 1. The molecule has 1 aromatic carbocycles. The maximum absolute atomic E-state index is 13.5. The van der Waals surface area contributed by atoms with E-state index < -0.39 is 0 Å². The van der Waals surface area contributed by atoms with Gasteiger partial charge in [-0.05, 0) is 45.1 Å². The standard InChI is InChI=1S/C15H14BrFN2OS.ClH/c16-12-4-7-21-14(12)15(20)19-6-5-18-9-13(19)10-2-1-3-11(17)8-10;/h1-4,7-8,13,18H,5-6,9H2;1H. The lowest BCUT2D eigenvalue weighted by Gasteiger charge is -2.36. The molecule has 0 spiro atoms. The first-order chi connectivity index (χ1) is 10.2. The van der Waals surface area contributed by atoms with Gasteiger partial charge in [0.2, 0.25) is 0 Å². The Morgan fingerprint density at radius 1 is 1.41 bits per heavy atom. The Balaban J connectivity index is 0.00000176. The second-order valence-electron chi connectivity index (χ2n) is 4.87. The van der Waals surface area contributed by atoms with E-state index in [1.54, 1.807) is 6.07 Å². The molecule has 3 nitrogen and oxygen atoms in total. The van der Waals surface area contributed by atoms with Crippen molar-refractivity contribution < 1.29 is 9.18 Å². The lowest BCUT2D eigenvalue weighted by molar-refractivity contribution is 0.0638. The van der Waals surface area contributed by atoms with Crippen molar-refractivity contribution >= 4 is 45.6 Å². The molecule has 1 N–H and O–H groups in total. The molecule has 1 fully saturated rings. The number of nitrogens with zero attached hydrogens (tertiary/aromatic N) is 1. The van der Waals surface area contributed by atoms with E-state index in [9.17, 15) is 9.18 Å². The molecule has 1 amide bonds. The minimum Gasteiger partial charge on any atom is -0.328 e. The summed E-state index contributed by atoms with van der Waals surface area (Å²) in [7, 11) is 0. The maximum atomic E-state index is 13.5. The minimum atomic E-state index is -0.275. The number of rotatable bonds is 2. The summed E-state index contributed by atoms with van der Waals surface area (Å²) in [5.41, 5.74) is 0.822. The molecule has 2 aromatic rings. The topological polar surface area (TPSA) is 32.3 Å². The first-order valence-corrected chi connectivity index (χ1v) is 8.34. The van der Waals surface area contributed by atoms with E-state index in [1.807, 2.05) is 22.4 Å². The van der Waals surface area contributed by atoms with E-state index >= 15 is 0 Å². The van der Waals surface area contributed by atoms with Crippen molar-refractivity contribution in [1.29, 1.82) is 0 Å². The summed E-state index contributed by atoms with van der Waals surface area (Å²) in [6, 6.07) is 8.20. The SMILES string of the molecule is Cl.O=C(c1sccc1Br)N1CCNCC1c1cccc(F)c1. The summed E-state index contributed by atoms with van der Waals surface area (Å²) in [6.45, 7) is 2.00. The number of hydrogen-bond acceptors (Lipinski definition) is 3. The predicted octanol–water partition coefficient (Wildman–Crippen LogP) is 3.86. The second-order valence-corrected chi connectivity index (χ2v) is 6.64. The Morgan fingerprint density at radius 3 is 2.91 bits per heavy atom. The number of thiophene rings is 1. The van der Waals surface area contributed by atoms with Gasteiger partial charge in [-0.3, -0.25) is 4.79 Å². The van der Waals surface area contributed by atoms with Crippen molar-refractivity contribution in [2.45, 2.75) is 6.04 Å². The van der Waals surface area contributed by atoms with Gasteiger partial charge >= 0.3 is 0 Å². The largest absolute Gasteiger partial charge is 0.328 e. The van der Waals surface area contributed by atoms with E-state index in [-0.39, 0.29) is 30.2 Å². The Morgan fingerprint density at radius 2 is 2.23 bits per heavy atom. The van der Waals surface area contributed by atoms with Gasteiger partial charge in [-0.2, -0.15) is 0 Å².